The first-order valence-electron chi connectivity index (χ1n) is 8.61. The number of ether oxygens (including phenoxy) is 2. The molecule has 1 rings (SSSR count). The van der Waals surface area contributed by atoms with Crippen molar-refractivity contribution in [2.75, 3.05) is 13.2 Å². The van der Waals surface area contributed by atoms with Crippen LogP contribution < -0.4 is 0 Å². The average molecular weight is 270 g/mol. The summed E-state index contributed by atoms with van der Waals surface area (Å²) in [6.07, 6.45) is 14.9. The second kappa shape index (κ2) is 10.7. The SMILES string of the molecule is CCCCCCCC1(CCCCC)OCCCCO1. The molecule has 1 aliphatic rings. The molecule has 1 aliphatic heterocycles. The van der Waals surface area contributed by atoms with Crippen molar-refractivity contribution in [1.82, 2.24) is 0 Å². The summed E-state index contributed by atoms with van der Waals surface area (Å²) < 4.78 is 12.2. The lowest BCUT2D eigenvalue weighted by atomic mass is 9.99. The molecule has 0 aromatic heterocycles. The van der Waals surface area contributed by atoms with Gasteiger partial charge in [-0.25, -0.2) is 0 Å². The van der Waals surface area contributed by atoms with Gasteiger partial charge in [-0.05, 0) is 25.7 Å². The summed E-state index contributed by atoms with van der Waals surface area (Å²) in [6, 6.07) is 0. The zero-order valence-electron chi connectivity index (χ0n) is 13.2. The molecule has 0 saturated carbocycles. The quantitative estimate of drug-likeness (QED) is 0.491. The molecule has 1 fully saturated rings. The van der Waals surface area contributed by atoms with E-state index in [1.165, 1.54) is 51.4 Å². The number of rotatable bonds is 10. The zero-order chi connectivity index (χ0) is 13.8. The van der Waals surface area contributed by atoms with E-state index in [2.05, 4.69) is 13.8 Å². The van der Waals surface area contributed by atoms with E-state index in [-0.39, 0.29) is 5.79 Å². The summed E-state index contributed by atoms with van der Waals surface area (Å²) in [6.45, 7) is 6.30. The predicted octanol–water partition coefficient (Wildman–Crippen LogP) is 5.45. The first kappa shape index (κ1) is 17.0. The van der Waals surface area contributed by atoms with Gasteiger partial charge in [0.25, 0.3) is 0 Å². The second-order valence-corrected chi connectivity index (χ2v) is 5.94. The number of hydrogen-bond acceptors (Lipinski definition) is 2. The van der Waals surface area contributed by atoms with Gasteiger partial charge < -0.3 is 9.47 Å². The smallest absolute Gasteiger partial charge is 0.168 e. The summed E-state index contributed by atoms with van der Waals surface area (Å²) in [5, 5.41) is 0. The number of hydrogen-bond donors (Lipinski definition) is 0. The van der Waals surface area contributed by atoms with Crippen LogP contribution in [0.15, 0.2) is 0 Å². The molecule has 0 bridgehead atoms. The summed E-state index contributed by atoms with van der Waals surface area (Å²) in [5.41, 5.74) is 0. The van der Waals surface area contributed by atoms with E-state index in [4.69, 9.17) is 9.47 Å². The third-order valence-electron chi connectivity index (χ3n) is 4.09. The van der Waals surface area contributed by atoms with Crippen LogP contribution in [0.3, 0.4) is 0 Å². The lowest BCUT2D eigenvalue weighted by Gasteiger charge is -2.32. The molecule has 2 nitrogen and oxygen atoms in total. The molecular weight excluding hydrogens is 236 g/mol. The molecule has 0 spiro atoms. The van der Waals surface area contributed by atoms with Crippen molar-refractivity contribution in [2.45, 2.75) is 96.7 Å². The van der Waals surface area contributed by atoms with Crippen molar-refractivity contribution in [3.8, 4) is 0 Å². The third kappa shape index (κ3) is 7.31. The molecule has 19 heavy (non-hydrogen) atoms. The largest absolute Gasteiger partial charge is 0.350 e. The monoisotopic (exact) mass is 270 g/mol. The first-order chi connectivity index (χ1) is 9.33. The van der Waals surface area contributed by atoms with Gasteiger partial charge in [-0.2, -0.15) is 0 Å². The van der Waals surface area contributed by atoms with Crippen LogP contribution in [0.5, 0.6) is 0 Å². The van der Waals surface area contributed by atoms with E-state index in [9.17, 15) is 0 Å². The van der Waals surface area contributed by atoms with Crippen molar-refractivity contribution in [2.24, 2.45) is 0 Å². The fourth-order valence-corrected chi connectivity index (χ4v) is 2.82. The minimum absolute atomic E-state index is 0.238. The standard InChI is InChI=1S/C17H34O2/c1-3-5-7-8-10-14-17(13-9-6-4-2)18-15-11-12-16-19-17/h3-16H2,1-2H3. The Morgan fingerprint density at radius 3 is 1.74 bits per heavy atom. The van der Waals surface area contributed by atoms with E-state index in [0.717, 1.165) is 38.9 Å². The summed E-state index contributed by atoms with van der Waals surface area (Å²) in [4.78, 5) is 0. The number of unbranched alkanes of at least 4 members (excludes halogenated alkanes) is 6. The molecule has 0 unspecified atom stereocenters. The lowest BCUT2D eigenvalue weighted by molar-refractivity contribution is -0.234. The van der Waals surface area contributed by atoms with Gasteiger partial charge in [0.2, 0.25) is 0 Å². The summed E-state index contributed by atoms with van der Waals surface area (Å²) in [5.74, 6) is -0.238. The van der Waals surface area contributed by atoms with Gasteiger partial charge in [0.05, 0.1) is 13.2 Å². The normalized spacial score (nSPS) is 19.3. The molecule has 0 aromatic carbocycles. The average Bonchev–Trinajstić information content (AvgIpc) is 2.65. The van der Waals surface area contributed by atoms with Gasteiger partial charge >= 0.3 is 0 Å². The molecular formula is C17H34O2. The van der Waals surface area contributed by atoms with E-state index >= 15 is 0 Å². The van der Waals surface area contributed by atoms with Gasteiger partial charge in [0, 0.05) is 12.8 Å². The van der Waals surface area contributed by atoms with Crippen molar-refractivity contribution in [3.63, 3.8) is 0 Å². The maximum absolute atomic E-state index is 6.12. The Morgan fingerprint density at radius 1 is 0.684 bits per heavy atom. The maximum Gasteiger partial charge on any atom is 0.168 e. The Bertz CT molecular complexity index is 195. The predicted molar refractivity (Wildman–Crippen MR) is 81.4 cm³/mol. The van der Waals surface area contributed by atoms with Crippen LogP contribution in [-0.2, 0) is 9.47 Å². The molecule has 0 amide bonds. The summed E-state index contributed by atoms with van der Waals surface area (Å²) in [7, 11) is 0. The zero-order valence-corrected chi connectivity index (χ0v) is 13.2. The Morgan fingerprint density at radius 2 is 1.16 bits per heavy atom. The Balaban J connectivity index is 2.33. The van der Waals surface area contributed by atoms with E-state index in [1.807, 2.05) is 0 Å². The van der Waals surface area contributed by atoms with Crippen LogP contribution in [0.1, 0.15) is 90.9 Å². The Kier molecular flexibility index (Phi) is 9.54. The first-order valence-corrected chi connectivity index (χ1v) is 8.61. The third-order valence-corrected chi connectivity index (χ3v) is 4.09. The van der Waals surface area contributed by atoms with Crippen molar-refractivity contribution in [1.29, 1.82) is 0 Å². The van der Waals surface area contributed by atoms with Crippen LogP contribution in [-0.4, -0.2) is 19.0 Å². The van der Waals surface area contributed by atoms with Crippen LogP contribution in [0, 0.1) is 0 Å². The molecule has 0 aliphatic carbocycles. The van der Waals surface area contributed by atoms with E-state index in [1.54, 1.807) is 0 Å². The highest BCUT2D eigenvalue weighted by atomic mass is 16.7. The topological polar surface area (TPSA) is 18.5 Å². The molecule has 0 radical (unpaired) electrons. The maximum atomic E-state index is 6.12. The van der Waals surface area contributed by atoms with Crippen LogP contribution in [0.4, 0.5) is 0 Å². The molecule has 0 aromatic rings. The highest BCUT2D eigenvalue weighted by molar-refractivity contribution is 4.73. The van der Waals surface area contributed by atoms with Gasteiger partial charge in [-0.3, -0.25) is 0 Å². The van der Waals surface area contributed by atoms with E-state index in [0.29, 0.717) is 0 Å². The Labute approximate surface area is 120 Å². The highest BCUT2D eigenvalue weighted by Gasteiger charge is 2.32. The van der Waals surface area contributed by atoms with Crippen molar-refractivity contribution >= 4 is 0 Å². The molecule has 0 N–H and O–H groups in total. The van der Waals surface area contributed by atoms with Gasteiger partial charge in [0.1, 0.15) is 0 Å². The Hall–Kier alpha value is -0.0800. The van der Waals surface area contributed by atoms with Crippen LogP contribution >= 0.6 is 0 Å². The summed E-state index contributed by atoms with van der Waals surface area (Å²) >= 11 is 0. The molecule has 2 heteroatoms. The fourth-order valence-electron chi connectivity index (χ4n) is 2.82. The minimum Gasteiger partial charge on any atom is -0.350 e. The van der Waals surface area contributed by atoms with Crippen LogP contribution in [0.2, 0.25) is 0 Å². The highest BCUT2D eigenvalue weighted by Crippen LogP contribution is 2.30. The minimum atomic E-state index is -0.238. The molecule has 1 heterocycles. The molecule has 0 atom stereocenters. The van der Waals surface area contributed by atoms with Gasteiger partial charge in [0.15, 0.2) is 5.79 Å². The molecule has 1 saturated heterocycles. The molecule has 114 valence electrons. The van der Waals surface area contributed by atoms with Crippen molar-refractivity contribution in [3.05, 3.63) is 0 Å². The van der Waals surface area contributed by atoms with Gasteiger partial charge in [-0.15, -0.1) is 0 Å². The van der Waals surface area contributed by atoms with E-state index < -0.39 is 0 Å². The second-order valence-electron chi connectivity index (χ2n) is 5.94. The van der Waals surface area contributed by atoms with Gasteiger partial charge in [-0.1, -0.05) is 52.4 Å². The fraction of sp³-hybridized carbons (Fsp3) is 1.00. The lowest BCUT2D eigenvalue weighted by Crippen LogP contribution is -2.35. The van der Waals surface area contributed by atoms with Crippen molar-refractivity contribution < 1.29 is 9.47 Å². The van der Waals surface area contributed by atoms with Crippen LogP contribution in [0.25, 0.3) is 0 Å².